The topological polar surface area (TPSA) is 143 Å². The Kier molecular flexibility index (Phi) is 6.91. The summed E-state index contributed by atoms with van der Waals surface area (Å²) in [6.45, 7) is 1.91. The molecular formula is C21H18N4O7. The van der Waals surface area contributed by atoms with E-state index in [0.29, 0.717) is 11.3 Å². The second-order valence-corrected chi connectivity index (χ2v) is 6.18. The molecule has 0 saturated carbocycles. The van der Waals surface area contributed by atoms with Crippen molar-refractivity contribution in [2.24, 2.45) is 0 Å². The van der Waals surface area contributed by atoms with Gasteiger partial charge >= 0.3 is 23.5 Å². The Bertz CT molecular complexity index is 1150. The minimum Gasteiger partial charge on any atom is -0.465 e. The van der Waals surface area contributed by atoms with E-state index < -0.39 is 22.5 Å². The Morgan fingerprint density at radius 2 is 1.81 bits per heavy atom. The van der Waals surface area contributed by atoms with Gasteiger partial charge in [0.1, 0.15) is 12.1 Å². The van der Waals surface area contributed by atoms with Crippen LogP contribution in [0.25, 0.3) is 0 Å². The van der Waals surface area contributed by atoms with Crippen molar-refractivity contribution in [3.8, 4) is 11.6 Å². The first-order valence-electron chi connectivity index (χ1n) is 9.32. The first-order chi connectivity index (χ1) is 15.4. The van der Waals surface area contributed by atoms with Gasteiger partial charge in [0.15, 0.2) is 0 Å². The van der Waals surface area contributed by atoms with Crippen LogP contribution in [0.1, 0.15) is 27.6 Å². The molecule has 3 rings (SSSR count). The molecule has 0 amide bonds. The van der Waals surface area contributed by atoms with Gasteiger partial charge in [-0.25, -0.2) is 14.6 Å². The number of anilines is 2. The fraction of sp³-hybridized carbons (Fsp3) is 0.143. The summed E-state index contributed by atoms with van der Waals surface area (Å²) in [6.07, 6.45) is 1.10. The first-order valence-corrected chi connectivity index (χ1v) is 9.32. The third-order valence-corrected chi connectivity index (χ3v) is 4.10. The molecule has 164 valence electrons. The predicted molar refractivity (Wildman–Crippen MR) is 112 cm³/mol. The molecule has 11 heteroatoms. The van der Waals surface area contributed by atoms with Crippen molar-refractivity contribution in [1.82, 2.24) is 9.97 Å². The van der Waals surface area contributed by atoms with Gasteiger partial charge in [-0.1, -0.05) is 6.07 Å². The highest BCUT2D eigenvalue weighted by atomic mass is 16.6. The quantitative estimate of drug-likeness (QED) is 0.312. The number of carbonyl (C=O) groups excluding carboxylic acids is 2. The van der Waals surface area contributed by atoms with E-state index in [4.69, 9.17) is 9.47 Å². The van der Waals surface area contributed by atoms with Crippen LogP contribution in [0.4, 0.5) is 17.2 Å². The fourth-order valence-electron chi connectivity index (χ4n) is 2.66. The summed E-state index contributed by atoms with van der Waals surface area (Å²) < 4.78 is 15.1. The van der Waals surface area contributed by atoms with Crippen LogP contribution in [0, 0.1) is 10.1 Å². The molecule has 0 atom stereocenters. The number of nitrogens with one attached hydrogen (secondary N) is 1. The normalized spacial score (nSPS) is 10.2. The average Bonchev–Trinajstić information content (AvgIpc) is 2.79. The van der Waals surface area contributed by atoms with Crippen molar-refractivity contribution >= 4 is 29.1 Å². The van der Waals surface area contributed by atoms with Gasteiger partial charge < -0.3 is 19.5 Å². The average molecular weight is 438 g/mol. The van der Waals surface area contributed by atoms with Crippen LogP contribution >= 0.6 is 0 Å². The standard InChI is InChI=1S/C21H18N4O7/c1-3-31-21(27)14-5-4-6-15(11-14)24-18-17(25(28)29)19(23-12-22-18)32-16-9-7-13(8-10-16)20(26)30-2/h4-12H,3H2,1-2H3,(H,22,23,24). The Morgan fingerprint density at radius 3 is 2.47 bits per heavy atom. The van der Waals surface area contributed by atoms with E-state index in [1.165, 1.54) is 37.4 Å². The summed E-state index contributed by atoms with van der Waals surface area (Å²) in [6, 6.07) is 12.1. The van der Waals surface area contributed by atoms with Gasteiger partial charge in [0.25, 0.3) is 0 Å². The van der Waals surface area contributed by atoms with Crippen molar-refractivity contribution in [2.75, 3.05) is 19.0 Å². The van der Waals surface area contributed by atoms with E-state index in [9.17, 15) is 19.7 Å². The molecule has 0 aliphatic carbocycles. The van der Waals surface area contributed by atoms with Gasteiger partial charge in [0.2, 0.25) is 5.82 Å². The molecule has 1 N–H and O–H groups in total. The lowest BCUT2D eigenvalue weighted by atomic mass is 10.2. The molecule has 2 aromatic carbocycles. The number of benzene rings is 2. The molecule has 1 aromatic heterocycles. The number of aromatic nitrogens is 2. The van der Waals surface area contributed by atoms with Gasteiger partial charge in [0, 0.05) is 5.69 Å². The van der Waals surface area contributed by atoms with Crippen LogP contribution in [-0.4, -0.2) is 40.5 Å². The molecule has 11 nitrogen and oxygen atoms in total. The van der Waals surface area contributed by atoms with Crippen molar-refractivity contribution < 1.29 is 28.7 Å². The third kappa shape index (κ3) is 5.14. The molecule has 0 fully saturated rings. The van der Waals surface area contributed by atoms with Crippen molar-refractivity contribution in [3.05, 3.63) is 76.1 Å². The Balaban J connectivity index is 1.89. The summed E-state index contributed by atoms with van der Waals surface area (Å²) in [5.41, 5.74) is 0.438. The Morgan fingerprint density at radius 1 is 1.06 bits per heavy atom. The molecule has 0 aliphatic rings. The predicted octanol–water partition coefficient (Wildman–Crippen LogP) is 3.88. The molecule has 0 unspecified atom stereocenters. The molecule has 0 radical (unpaired) electrons. The molecule has 0 bridgehead atoms. The second-order valence-electron chi connectivity index (χ2n) is 6.18. The Hall–Kier alpha value is -4.54. The summed E-state index contributed by atoms with van der Waals surface area (Å²) in [7, 11) is 1.26. The van der Waals surface area contributed by atoms with Gasteiger partial charge in [-0.3, -0.25) is 10.1 Å². The molecule has 0 spiro atoms. The highest BCUT2D eigenvalue weighted by Crippen LogP contribution is 2.35. The van der Waals surface area contributed by atoms with E-state index in [-0.39, 0.29) is 29.6 Å². The van der Waals surface area contributed by atoms with Crippen LogP contribution in [-0.2, 0) is 9.47 Å². The van der Waals surface area contributed by atoms with Gasteiger partial charge in [-0.15, -0.1) is 0 Å². The number of nitrogens with zero attached hydrogens (tertiary/aromatic N) is 3. The SMILES string of the molecule is CCOC(=O)c1cccc(Nc2ncnc(Oc3ccc(C(=O)OC)cc3)c2[N+](=O)[O-])c1. The molecule has 0 aliphatic heterocycles. The number of hydrogen-bond donors (Lipinski definition) is 1. The zero-order valence-corrected chi connectivity index (χ0v) is 17.1. The Labute approximate surface area is 182 Å². The van der Waals surface area contributed by atoms with Gasteiger partial charge in [0.05, 0.1) is 29.8 Å². The number of methoxy groups -OCH3 is 1. The van der Waals surface area contributed by atoms with Gasteiger partial charge in [-0.2, -0.15) is 4.98 Å². The minimum absolute atomic E-state index is 0.132. The third-order valence-electron chi connectivity index (χ3n) is 4.10. The first kappa shape index (κ1) is 22.2. The second kappa shape index (κ2) is 9.98. The summed E-state index contributed by atoms with van der Waals surface area (Å²) in [4.78, 5) is 42.3. The number of ether oxygens (including phenoxy) is 3. The number of rotatable bonds is 8. The fourth-order valence-corrected chi connectivity index (χ4v) is 2.66. The lowest BCUT2D eigenvalue weighted by Crippen LogP contribution is -2.06. The monoisotopic (exact) mass is 438 g/mol. The maximum absolute atomic E-state index is 11.9. The van der Waals surface area contributed by atoms with E-state index in [2.05, 4.69) is 20.0 Å². The number of esters is 2. The zero-order valence-electron chi connectivity index (χ0n) is 17.1. The summed E-state index contributed by atoms with van der Waals surface area (Å²) >= 11 is 0. The largest absolute Gasteiger partial charge is 0.465 e. The van der Waals surface area contributed by atoms with Crippen LogP contribution < -0.4 is 10.1 Å². The summed E-state index contributed by atoms with van der Waals surface area (Å²) in [5, 5.41) is 14.5. The van der Waals surface area contributed by atoms with Crippen LogP contribution in [0.15, 0.2) is 54.9 Å². The smallest absolute Gasteiger partial charge is 0.373 e. The molecule has 1 heterocycles. The van der Waals surface area contributed by atoms with E-state index in [1.54, 1.807) is 25.1 Å². The van der Waals surface area contributed by atoms with Crippen molar-refractivity contribution in [1.29, 1.82) is 0 Å². The maximum Gasteiger partial charge on any atom is 0.373 e. The van der Waals surface area contributed by atoms with E-state index in [0.717, 1.165) is 6.33 Å². The maximum atomic E-state index is 11.9. The minimum atomic E-state index is -0.685. The molecular weight excluding hydrogens is 420 g/mol. The highest BCUT2D eigenvalue weighted by molar-refractivity contribution is 5.91. The van der Waals surface area contributed by atoms with Crippen LogP contribution in [0.2, 0.25) is 0 Å². The number of carbonyl (C=O) groups is 2. The lowest BCUT2D eigenvalue weighted by Gasteiger charge is -2.10. The van der Waals surface area contributed by atoms with Crippen LogP contribution in [0.5, 0.6) is 11.6 Å². The molecule has 3 aromatic rings. The molecule has 0 saturated heterocycles. The van der Waals surface area contributed by atoms with Crippen molar-refractivity contribution in [3.63, 3.8) is 0 Å². The number of nitro groups is 1. The molecule has 32 heavy (non-hydrogen) atoms. The lowest BCUT2D eigenvalue weighted by molar-refractivity contribution is -0.385. The summed E-state index contributed by atoms with van der Waals surface area (Å²) in [5.74, 6) is -1.27. The zero-order chi connectivity index (χ0) is 23.1. The van der Waals surface area contributed by atoms with Crippen molar-refractivity contribution in [2.45, 2.75) is 6.92 Å². The van der Waals surface area contributed by atoms with Crippen LogP contribution in [0.3, 0.4) is 0 Å². The highest BCUT2D eigenvalue weighted by Gasteiger charge is 2.25. The number of hydrogen-bond acceptors (Lipinski definition) is 10. The van der Waals surface area contributed by atoms with E-state index >= 15 is 0 Å². The van der Waals surface area contributed by atoms with E-state index in [1.807, 2.05) is 0 Å². The van der Waals surface area contributed by atoms with Gasteiger partial charge in [-0.05, 0) is 49.4 Å².